The normalized spacial score (nSPS) is 10.7. The Hall–Kier alpha value is -2.99. The third kappa shape index (κ3) is 4.15. The molecule has 0 saturated carbocycles. The highest BCUT2D eigenvalue weighted by atomic mass is 16.5. The minimum atomic E-state index is -0.101. The van der Waals surface area contributed by atoms with Crippen LogP contribution in [0.5, 0.6) is 11.5 Å². The molecule has 3 N–H and O–H groups in total. The van der Waals surface area contributed by atoms with Gasteiger partial charge in [-0.1, -0.05) is 18.2 Å². The number of carbonyl (C=O) groups is 1. The summed E-state index contributed by atoms with van der Waals surface area (Å²) < 4.78 is 10.4. The second-order valence-corrected chi connectivity index (χ2v) is 5.90. The molecule has 0 aliphatic carbocycles. The van der Waals surface area contributed by atoms with E-state index in [1.54, 1.807) is 32.4 Å². The molecule has 0 saturated heterocycles. The summed E-state index contributed by atoms with van der Waals surface area (Å²) in [5, 5.41) is 7.25. The third-order valence-electron chi connectivity index (χ3n) is 4.20. The van der Waals surface area contributed by atoms with E-state index in [2.05, 4.69) is 27.8 Å². The molecule has 6 heteroatoms. The topological polar surface area (TPSA) is 75.4 Å². The Morgan fingerprint density at radius 2 is 1.88 bits per heavy atom. The summed E-state index contributed by atoms with van der Waals surface area (Å²) in [5.74, 6) is 1.11. The van der Waals surface area contributed by atoms with Gasteiger partial charge in [-0.15, -0.1) is 0 Å². The Morgan fingerprint density at radius 3 is 2.69 bits per heavy atom. The fourth-order valence-electron chi connectivity index (χ4n) is 2.88. The van der Waals surface area contributed by atoms with Crippen LogP contribution >= 0.6 is 0 Å². The number of carbonyl (C=O) groups excluding carboxylic acids is 1. The quantitative estimate of drug-likeness (QED) is 0.544. The number of hydrogen-bond acceptors (Lipinski definition) is 4. The first-order valence-electron chi connectivity index (χ1n) is 8.49. The molecule has 1 aromatic heterocycles. The molecule has 0 spiro atoms. The number of rotatable bonds is 8. The van der Waals surface area contributed by atoms with Crippen molar-refractivity contribution in [3.8, 4) is 11.5 Å². The van der Waals surface area contributed by atoms with Gasteiger partial charge in [0.1, 0.15) is 0 Å². The van der Waals surface area contributed by atoms with Crippen LogP contribution in [-0.4, -0.2) is 38.2 Å². The first-order chi connectivity index (χ1) is 12.7. The predicted molar refractivity (Wildman–Crippen MR) is 103 cm³/mol. The van der Waals surface area contributed by atoms with Gasteiger partial charge >= 0.3 is 0 Å². The van der Waals surface area contributed by atoms with E-state index in [1.165, 1.54) is 10.9 Å². The number of aromatic amines is 1. The summed E-state index contributed by atoms with van der Waals surface area (Å²) in [5.41, 5.74) is 3.05. The second kappa shape index (κ2) is 8.40. The maximum atomic E-state index is 12.1. The number of H-pyrrole nitrogens is 1. The Morgan fingerprint density at radius 1 is 1.08 bits per heavy atom. The van der Waals surface area contributed by atoms with Gasteiger partial charge < -0.3 is 25.1 Å². The summed E-state index contributed by atoms with van der Waals surface area (Å²) >= 11 is 0. The molecule has 6 nitrogen and oxygen atoms in total. The number of hydrogen-bond donors (Lipinski definition) is 3. The Labute approximate surface area is 152 Å². The van der Waals surface area contributed by atoms with E-state index in [-0.39, 0.29) is 12.5 Å². The molecule has 1 heterocycles. The number of para-hydroxylation sites is 1. The van der Waals surface area contributed by atoms with Gasteiger partial charge in [-0.05, 0) is 36.7 Å². The molecule has 2 aromatic carbocycles. The average molecular weight is 353 g/mol. The summed E-state index contributed by atoms with van der Waals surface area (Å²) in [6.45, 7) is 0.970. The van der Waals surface area contributed by atoms with Gasteiger partial charge in [0.15, 0.2) is 11.5 Å². The van der Waals surface area contributed by atoms with Crippen LogP contribution in [0.1, 0.15) is 5.56 Å². The van der Waals surface area contributed by atoms with E-state index in [0.717, 1.165) is 18.5 Å². The molecule has 1 amide bonds. The Balaban J connectivity index is 1.47. The van der Waals surface area contributed by atoms with Gasteiger partial charge in [-0.3, -0.25) is 4.79 Å². The minimum Gasteiger partial charge on any atom is -0.493 e. The van der Waals surface area contributed by atoms with Crippen molar-refractivity contribution in [2.24, 2.45) is 0 Å². The molecule has 0 unspecified atom stereocenters. The van der Waals surface area contributed by atoms with E-state index in [0.29, 0.717) is 17.2 Å². The molecule has 3 rings (SSSR count). The van der Waals surface area contributed by atoms with Crippen molar-refractivity contribution in [3.05, 3.63) is 54.2 Å². The highest BCUT2D eigenvalue weighted by molar-refractivity contribution is 5.92. The minimum absolute atomic E-state index is 0.101. The standard InChI is InChI=1S/C20H23N3O3/c1-25-18-8-7-15(11-19(18)26-2)23-20(24)13-21-10-9-14-12-22-17-6-4-3-5-16(14)17/h3-8,11-12,21-22H,9-10,13H2,1-2H3,(H,23,24). The maximum absolute atomic E-state index is 12.1. The number of methoxy groups -OCH3 is 2. The fraction of sp³-hybridized carbons (Fsp3) is 0.250. The number of benzene rings is 2. The van der Waals surface area contributed by atoms with Crippen LogP contribution in [0, 0.1) is 0 Å². The molecular weight excluding hydrogens is 330 g/mol. The zero-order valence-electron chi connectivity index (χ0n) is 15.0. The molecule has 136 valence electrons. The smallest absolute Gasteiger partial charge is 0.238 e. The largest absolute Gasteiger partial charge is 0.493 e. The van der Waals surface area contributed by atoms with Gasteiger partial charge in [-0.25, -0.2) is 0 Å². The Bertz CT molecular complexity index is 889. The number of anilines is 1. The second-order valence-electron chi connectivity index (χ2n) is 5.90. The van der Waals surface area contributed by atoms with Crippen LogP contribution in [0.4, 0.5) is 5.69 Å². The summed E-state index contributed by atoms with van der Waals surface area (Å²) in [6, 6.07) is 13.5. The van der Waals surface area contributed by atoms with Crippen molar-refractivity contribution in [1.29, 1.82) is 0 Å². The van der Waals surface area contributed by atoms with Crippen LogP contribution in [0.3, 0.4) is 0 Å². The number of ether oxygens (including phenoxy) is 2. The third-order valence-corrected chi connectivity index (χ3v) is 4.20. The monoisotopic (exact) mass is 353 g/mol. The van der Waals surface area contributed by atoms with Crippen molar-refractivity contribution in [1.82, 2.24) is 10.3 Å². The number of aromatic nitrogens is 1. The van der Waals surface area contributed by atoms with E-state index in [4.69, 9.17) is 9.47 Å². The molecule has 0 aliphatic rings. The molecule has 3 aromatic rings. The van der Waals surface area contributed by atoms with Gasteiger partial charge in [0.05, 0.1) is 20.8 Å². The molecule has 0 aliphatic heterocycles. The maximum Gasteiger partial charge on any atom is 0.238 e. The van der Waals surface area contributed by atoms with E-state index >= 15 is 0 Å². The molecule has 0 atom stereocenters. The first kappa shape index (κ1) is 17.8. The van der Waals surface area contributed by atoms with Crippen molar-refractivity contribution in [2.45, 2.75) is 6.42 Å². The van der Waals surface area contributed by atoms with Crippen molar-refractivity contribution >= 4 is 22.5 Å². The molecule has 0 fully saturated rings. The lowest BCUT2D eigenvalue weighted by molar-refractivity contribution is -0.115. The lowest BCUT2D eigenvalue weighted by atomic mass is 10.1. The van der Waals surface area contributed by atoms with Crippen molar-refractivity contribution in [2.75, 3.05) is 32.6 Å². The molecule has 26 heavy (non-hydrogen) atoms. The Kier molecular flexibility index (Phi) is 5.76. The summed E-state index contributed by atoms with van der Waals surface area (Å²) in [4.78, 5) is 15.3. The van der Waals surface area contributed by atoms with Crippen LogP contribution in [-0.2, 0) is 11.2 Å². The van der Waals surface area contributed by atoms with Crippen LogP contribution in [0.15, 0.2) is 48.7 Å². The molecule has 0 radical (unpaired) electrons. The fourth-order valence-corrected chi connectivity index (χ4v) is 2.88. The van der Waals surface area contributed by atoms with Gasteiger partial charge in [0.2, 0.25) is 5.91 Å². The number of fused-ring (bicyclic) bond motifs is 1. The zero-order valence-corrected chi connectivity index (χ0v) is 15.0. The zero-order chi connectivity index (χ0) is 18.4. The molecular formula is C20H23N3O3. The van der Waals surface area contributed by atoms with E-state index in [9.17, 15) is 4.79 Å². The number of nitrogens with one attached hydrogen (secondary N) is 3. The summed E-state index contributed by atoms with van der Waals surface area (Å²) in [6.07, 6.45) is 2.88. The van der Waals surface area contributed by atoms with Crippen LogP contribution in [0.2, 0.25) is 0 Å². The number of amides is 1. The van der Waals surface area contributed by atoms with Gasteiger partial charge in [0, 0.05) is 28.9 Å². The summed E-state index contributed by atoms with van der Waals surface area (Å²) in [7, 11) is 3.14. The highest BCUT2D eigenvalue weighted by Gasteiger charge is 2.08. The van der Waals surface area contributed by atoms with Crippen LogP contribution in [0.25, 0.3) is 10.9 Å². The SMILES string of the molecule is COc1ccc(NC(=O)CNCCc2c[nH]c3ccccc23)cc1OC. The van der Waals surface area contributed by atoms with Gasteiger partial charge in [-0.2, -0.15) is 0 Å². The molecule has 0 bridgehead atoms. The lowest BCUT2D eigenvalue weighted by Gasteiger charge is -2.11. The van der Waals surface area contributed by atoms with Crippen molar-refractivity contribution in [3.63, 3.8) is 0 Å². The predicted octanol–water partition coefficient (Wildman–Crippen LogP) is 2.96. The first-order valence-corrected chi connectivity index (χ1v) is 8.49. The van der Waals surface area contributed by atoms with E-state index < -0.39 is 0 Å². The average Bonchev–Trinajstić information content (AvgIpc) is 3.08. The van der Waals surface area contributed by atoms with Gasteiger partial charge in [0.25, 0.3) is 0 Å². The van der Waals surface area contributed by atoms with Crippen molar-refractivity contribution < 1.29 is 14.3 Å². The lowest BCUT2D eigenvalue weighted by Crippen LogP contribution is -2.29. The van der Waals surface area contributed by atoms with Crippen LogP contribution < -0.4 is 20.1 Å². The van der Waals surface area contributed by atoms with E-state index in [1.807, 2.05) is 18.3 Å². The highest BCUT2D eigenvalue weighted by Crippen LogP contribution is 2.29.